The molecule has 0 bridgehead atoms. The first-order chi connectivity index (χ1) is 9.91. The molecule has 0 radical (unpaired) electrons. The summed E-state index contributed by atoms with van der Waals surface area (Å²) in [6, 6.07) is 9.29. The van der Waals surface area contributed by atoms with E-state index in [9.17, 15) is 13.2 Å². The average Bonchev–Trinajstić information content (AvgIpc) is 2.48. The van der Waals surface area contributed by atoms with Crippen molar-refractivity contribution < 1.29 is 13.2 Å². The Labute approximate surface area is 125 Å². The van der Waals surface area contributed by atoms with E-state index in [0.717, 1.165) is 5.69 Å². The highest BCUT2D eigenvalue weighted by molar-refractivity contribution is 7.86. The molecule has 6 nitrogen and oxygen atoms in total. The van der Waals surface area contributed by atoms with Crippen LogP contribution in [0.25, 0.3) is 0 Å². The molecule has 1 saturated heterocycles. The van der Waals surface area contributed by atoms with Gasteiger partial charge in [-0.2, -0.15) is 17.0 Å². The van der Waals surface area contributed by atoms with E-state index in [0.29, 0.717) is 25.9 Å². The maximum atomic E-state index is 12.2. The van der Waals surface area contributed by atoms with Crippen LogP contribution < -0.4 is 5.32 Å². The van der Waals surface area contributed by atoms with Gasteiger partial charge in [-0.3, -0.25) is 4.79 Å². The number of hydrogen-bond acceptors (Lipinski definition) is 3. The molecule has 1 aliphatic rings. The fourth-order valence-electron chi connectivity index (χ4n) is 2.35. The van der Waals surface area contributed by atoms with Crippen LogP contribution >= 0.6 is 0 Å². The molecule has 1 N–H and O–H groups in total. The molecule has 1 fully saturated rings. The molecule has 0 aliphatic carbocycles. The van der Waals surface area contributed by atoms with Crippen LogP contribution in [0, 0.1) is 5.92 Å². The molecule has 0 aromatic heterocycles. The summed E-state index contributed by atoms with van der Waals surface area (Å²) in [6.45, 7) is 0.765. The SMILES string of the molecule is CN(C)S(=O)(=O)N1CCC(C(=O)Nc2ccccc2)CC1. The van der Waals surface area contributed by atoms with Gasteiger partial charge in [0.1, 0.15) is 0 Å². The number of para-hydroxylation sites is 1. The minimum Gasteiger partial charge on any atom is -0.326 e. The van der Waals surface area contributed by atoms with Crippen LogP contribution in [0.15, 0.2) is 30.3 Å². The third kappa shape index (κ3) is 3.81. The molecule has 1 amide bonds. The lowest BCUT2D eigenvalue weighted by atomic mass is 9.97. The van der Waals surface area contributed by atoms with Gasteiger partial charge >= 0.3 is 0 Å². The second-order valence-corrected chi connectivity index (χ2v) is 7.46. The Morgan fingerprint density at radius 1 is 1.19 bits per heavy atom. The lowest BCUT2D eigenvalue weighted by Gasteiger charge is -2.32. The predicted octanol–water partition coefficient (Wildman–Crippen LogP) is 1.14. The summed E-state index contributed by atoms with van der Waals surface area (Å²) >= 11 is 0. The van der Waals surface area contributed by atoms with Crippen molar-refractivity contribution in [3.05, 3.63) is 30.3 Å². The second-order valence-electron chi connectivity index (χ2n) is 5.32. The topological polar surface area (TPSA) is 69.7 Å². The quantitative estimate of drug-likeness (QED) is 0.906. The van der Waals surface area contributed by atoms with Crippen molar-refractivity contribution in [1.82, 2.24) is 8.61 Å². The van der Waals surface area contributed by atoms with Crippen molar-refractivity contribution in [2.45, 2.75) is 12.8 Å². The highest BCUT2D eigenvalue weighted by atomic mass is 32.2. The first-order valence-electron chi connectivity index (χ1n) is 6.95. The second kappa shape index (κ2) is 6.55. The van der Waals surface area contributed by atoms with Gasteiger partial charge in [0, 0.05) is 38.8 Å². The Bertz CT molecular complexity index is 579. The van der Waals surface area contributed by atoms with Crippen LogP contribution in [0.2, 0.25) is 0 Å². The number of anilines is 1. The number of carbonyl (C=O) groups excluding carboxylic acids is 1. The lowest BCUT2D eigenvalue weighted by molar-refractivity contribution is -0.120. The van der Waals surface area contributed by atoms with Gasteiger partial charge in [-0.1, -0.05) is 18.2 Å². The largest absolute Gasteiger partial charge is 0.326 e. The Hall–Kier alpha value is -1.44. The summed E-state index contributed by atoms with van der Waals surface area (Å²) in [5.41, 5.74) is 0.769. The van der Waals surface area contributed by atoms with E-state index in [4.69, 9.17) is 0 Å². The molecule has 116 valence electrons. The molecule has 0 saturated carbocycles. The van der Waals surface area contributed by atoms with Gasteiger partial charge in [0.15, 0.2) is 0 Å². The highest BCUT2D eigenvalue weighted by Gasteiger charge is 2.32. The van der Waals surface area contributed by atoms with Crippen LogP contribution in [0.4, 0.5) is 5.69 Å². The monoisotopic (exact) mass is 311 g/mol. The number of carbonyl (C=O) groups is 1. The number of amides is 1. The standard InChI is InChI=1S/C14H21N3O3S/c1-16(2)21(19,20)17-10-8-12(9-11-17)14(18)15-13-6-4-3-5-7-13/h3-7,12H,8-11H2,1-2H3,(H,15,18). The number of benzene rings is 1. The normalized spacial score (nSPS) is 17.9. The Morgan fingerprint density at radius 3 is 2.29 bits per heavy atom. The number of hydrogen-bond donors (Lipinski definition) is 1. The maximum absolute atomic E-state index is 12.2. The summed E-state index contributed by atoms with van der Waals surface area (Å²) in [5.74, 6) is -0.179. The molecule has 0 atom stereocenters. The van der Waals surface area contributed by atoms with E-state index >= 15 is 0 Å². The van der Waals surface area contributed by atoms with Crippen molar-refractivity contribution in [3.63, 3.8) is 0 Å². The van der Waals surface area contributed by atoms with Crippen molar-refractivity contribution >= 4 is 21.8 Å². The molecule has 7 heteroatoms. The zero-order valence-corrected chi connectivity index (χ0v) is 13.1. The molecular formula is C14H21N3O3S. The van der Waals surface area contributed by atoms with Crippen LogP contribution in [0.5, 0.6) is 0 Å². The van der Waals surface area contributed by atoms with Crippen molar-refractivity contribution in [2.75, 3.05) is 32.5 Å². The van der Waals surface area contributed by atoms with Gasteiger partial charge < -0.3 is 5.32 Å². The van der Waals surface area contributed by atoms with Crippen LogP contribution in [0.1, 0.15) is 12.8 Å². The summed E-state index contributed by atoms with van der Waals surface area (Å²) in [7, 11) is -0.338. The summed E-state index contributed by atoms with van der Waals surface area (Å²) in [4.78, 5) is 12.2. The molecule has 0 spiro atoms. The number of piperidine rings is 1. The molecule has 0 unspecified atom stereocenters. The molecule has 1 aromatic rings. The highest BCUT2D eigenvalue weighted by Crippen LogP contribution is 2.22. The van der Waals surface area contributed by atoms with Gasteiger partial charge in [0.2, 0.25) is 5.91 Å². The van der Waals surface area contributed by atoms with Gasteiger partial charge in [0.05, 0.1) is 0 Å². The average molecular weight is 311 g/mol. The fraction of sp³-hybridized carbons (Fsp3) is 0.500. The Morgan fingerprint density at radius 2 is 1.76 bits per heavy atom. The third-order valence-corrected chi connectivity index (χ3v) is 5.59. The Kier molecular flexibility index (Phi) is 4.97. The molecule has 1 heterocycles. The van der Waals surface area contributed by atoms with E-state index in [1.807, 2.05) is 30.3 Å². The lowest BCUT2D eigenvalue weighted by Crippen LogP contribution is -2.46. The third-order valence-electron chi connectivity index (χ3n) is 3.65. The van der Waals surface area contributed by atoms with Crippen molar-refractivity contribution in [1.29, 1.82) is 0 Å². The van der Waals surface area contributed by atoms with E-state index in [1.165, 1.54) is 22.7 Å². The minimum absolute atomic E-state index is 0.0388. The van der Waals surface area contributed by atoms with Gasteiger partial charge in [-0.25, -0.2) is 0 Å². The Balaban J connectivity index is 1.91. The van der Waals surface area contributed by atoms with Crippen LogP contribution in [-0.4, -0.2) is 50.1 Å². The number of nitrogens with one attached hydrogen (secondary N) is 1. The van der Waals surface area contributed by atoms with E-state index in [2.05, 4.69) is 5.32 Å². The van der Waals surface area contributed by atoms with Crippen LogP contribution in [-0.2, 0) is 15.0 Å². The molecule has 2 rings (SSSR count). The molecular weight excluding hydrogens is 290 g/mol. The predicted molar refractivity (Wildman–Crippen MR) is 82.0 cm³/mol. The first kappa shape index (κ1) is 15.9. The molecule has 1 aliphatic heterocycles. The minimum atomic E-state index is -3.37. The molecule has 1 aromatic carbocycles. The van der Waals surface area contributed by atoms with Crippen LogP contribution in [0.3, 0.4) is 0 Å². The van der Waals surface area contributed by atoms with Crippen molar-refractivity contribution in [3.8, 4) is 0 Å². The number of nitrogens with zero attached hydrogens (tertiary/aromatic N) is 2. The number of rotatable bonds is 4. The summed E-state index contributed by atoms with van der Waals surface area (Å²) < 4.78 is 26.6. The van der Waals surface area contributed by atoms with E-state index < -0.39 is 10.2 Å². The van der Waals surface area contributed by atoms with Crippen molar-refractivity contribution in [2.24, 2.45) is 5.92 Å². The summed E-state index contributed by atoms with van der Waals surface area (Å²) in [6.07, 6.45) is 1.09. The maximum Gasteiger partial charge on any atom is 0.281 e. The van der Waals surface area contributed by atoms with Gasteiger partial charge in [-0.15, -0.1) is 0 Å². The fourth-order valence-corrected chi connectivity index (χ4v) is 3.48. The van der Waals surface area contributed by atoms with Gasteiger partial charge in [0.25, 0.3) is 10.2 Å². The molecule has 21 heavy (non-hydrogen) atoms. The summed E-state index contributed by atoms with van der Waals surface area (Å²) in [5, 5.41) is 2.87. The van der Waals surface area contributed by atoms with E-state index in [-0.39, 0.29) is 11.8 Å². The smallest absolute Gasteiger partial charge is 0.281 e. The first-order valence-corrected chi connectivity index (χ1v) is 8.34. The van der Waals surface area contributed by atoms with E-state index in [1.54, 1.807) is 0 Å². The van der Waals surface area contributed by atoms with Gasteiger partial charge in [-0.05, 0) is 25.0 Å². The zero-order chi connectivity index (χ0) is 15.5. The zero-order valence-electron chi connectivity index (χ0n) is 12.3.